The number of nitrogens with zero attached hydrogens (tertiary/aromatic N) is 3. The molecule has 0 fully saturated rings. The number of anilines is 2. The minimum atomic E-state index is -0.451. The van der Waals surface area contributed by atoms with E-state index in [9.17, 15) is 4.79 Å². The number of benzene rings is 1. The van der Waals surface area contributed by atoms with Crippen LogP contribution in [-0.2, 0) is 0 Å². The van der Waals surface area contributed by atoms with Crippen molar-refractivity contribution in [3.8, 4) is 11.6 Å². The van der Waals surface area contributed by atoms with E-state index < -0.39 is 6.03 Å². The molecule has 3 rings (SSSR count). The number of rotatable bonds is 6. The summed E-state index contributed by atoms with van der Waals surface area (Å²) in [5, 5.41) is 13.5. The van der Waals surface area contributed by atoms with Gasteiger partial charge in [0.2, 0.25) is 11.8 Å². The van der Waals surface area contributed by atoms with E-state index in [-0.39, 0.29) is 5.95 Å². The van der Waals surface area contributed by atoms with E-state index in [0.29, 0.717) is 36.2 Å². The Balaban J connectivity index is 1.81. The number of pyridine rings is 1. The first kappa shape index (κ1) is 16.6. The zero-order valence-corrected chi connectivity index (χ0v) is 14.0. The lowest BCUT2D eigenvalue weighted by molar-refractivity contribution is 0.261. The van der Waals surface area contributed by atoms with Gasteiger partial charge in [0, 0.05) is 0 Å². The lowest BCUT2D eigenvalue weighted by Crippen LogP contribution is -2.21. The van der Waals surface area contributed by atoms with Gasteiger partial charge < -0.3 is 14.8 Å². The fourth-order valence-corrected chi connectivity index (χ4v) is 2.36. The predicted molar refractivity (Wildman–Crippen MR) is 94.4 cm³/mol. The number of hydrogen-bond donors (Lipinski definition) is 2. The van der Waals surface area contributed by atoms with Crippen LogP contribution in [-0.4, -0.2) is 33.8 Å². The molecular weight excluding hydrogens is 322 g/mol. The first-order chi connectivity index (χ1) is 12.2. The van der Waals surface area contributed by atoms with Crippen LogP contribution in [0.15, 0.2) is 42.5 Å². The zero-order chi connectivity index (χ0) is 17.6. The standard InChI is InChI=1S/C17H19N5O3/c1-3-24-13-9-6-5-8-12(13)18-17(23)19-16-21-20-14-10-7-11-15(22(14)16)25-4-2/h5-11H,3-4H2,1-2H3,(H2,18,19,21,23). The van der Waals surface area contributed by atoms with Gasteiger partial charge in [-0.3, -0.25) is 5.32 Å². The molecule has 1 aromatic carbocycles. The largest absolute Gasteiger partial charge is 0.492 e. The maximum atomic E-state index is 12.3. The van der Waals surface area contributed by atoms with Gasteiger partial charge in [-0.2, -0.15) is 0 Å². The van der Waals surface area contributed by atoms with Gasteiger partial charge in [0.1, 0.15) is 5.75 Å². The number of amides is 2. The van der Waals surface area contributed by atoms with E-state index in [0.717, 1.165) is 0 Å². The average molecular weight is 341 g/mol. The van der Waals surface area contributed by atoms with Crippen LogP contribution in [0.3, 0.4) is 0 Å². The third-order valence-electron chi connectivity index (χ3n) is 3.35. The van der Waals surface area contributed by atoms with Crippen LogP contribution in [0.1, 0.15) is 13.8 Å². The second kappa shape index (κ2) is 7.52. The van der Waals surface area contributed by atoms with Gasteiger partial charge in [0.05, 0.1) is 18.9 Å². The smallest absolute Gasteiger partial charge is 0.326 e. The summed E-state index contributed by atoms with van der Waals surface area (Å²) in [6, 6.07) is 12.1. The third-order valence-corrected chi connectivity index (χ3v) is 3.35. The second-order valence-electron chi connectivity index (χ2n) is 5.02. The number of fused-ring (bicyclic) bond motifs is 1. The molecule has 8 nitrogen and oxygen atoms in total. The summed E-state index contributed by atoms with van der Waals surface area (Å²) < 4.78 is 12.7. The number of hydrogen-bond acceptors (Lipinski definition) is 5. The van der Waals surface area contributed by atoms with Crippen LogP contribution in [0.2, 0.25) is 0 Å². The summed E-state index contributed by atoms with van der Waals surface area (Å²) >= 11 is 0. The van der Waals surface area contributed by atoms with E-state index in [1.807, 2.05) is 32.0 Å². The number of urea groups is 1. The van der Waals surface area contributed by atoms with Crippen molar-refractivity contribution in [3.05, 3.63) is 42.5 Å². The number of para-hydroxylation sites is 2. The van der Waals surface area contributed by atoms with Crippen molar-refractivity contribution >= 4 is 23.3 Å². The molecule has 0 aliphatic carbocycles. The van der Waals surface area contributed by atoms with Crippen molar-refractivity contribution in [2.75, 3.05) is 23.8 Å². The maximum absolute atomic E-state index is 12.3. The van der Waals surface area contributed by atoms with Gasteiger partial charge >= 0.3 is 6.03 Å². The number of nitrogens with one attached hydrogen (secondary N) is 2. The molecule has 2 heterocycles. The monoisotopic (exact) mass is 341 g/mol. The van der Waals surface area contributed by atoms with E-state index in [1.54, 1.807) is 28.7 Å². The zero-order valence-electron chi connectivity index (χ0n) is 14.0. The predicted octanol–water partition coefficient (Wildman–Crippen LogP) is 3.17. The Morgan fingerprint density at radius 2 is 1.80 bits per heavy atom. The summed E-state index contributed by atoms with van der Waals surface area (Å²) in [5.74, 6) is 1.42. The molecule has 25 heavy (non-hydrogen) atoms. The molecular formula is C17H19N5O3. The Bertz CT molecular complexity index is 878. The van der Waals surface area contributed by atoms with Gasteiger partial charge in [-0.15, -0.1) is 10.2 Å². The molecule has 2 aromatic heterocycles. The molecule has 0 saturated heterocycles. The van der Waals surface area contributed by atoms with Gasteiger partial charge in [-0.05, 0) is 38.1 Å². The van der Waals surface area contributed by atoms with Gasteiger partial charge in [-0.25, -0.2) is 9.20 Å². The van der Waals surface area contributed by atoms with Crippen LogP contribution >= 0.6 is 0 Å². The average Bonchev–Trinajstić information content (AvgIpc) is 3.01. The normalized spacial score (nSPS) is 10.5. The molecule has 0 saturated carbocycles. The van der Waals surface area contributed by atoms with Gasteiger partial charge in [0.15, 0.2) is 5.65 Å². The van der Waals surface area contributed by atoms with Crippen LogP contribution in [0.5, 0.6) is 11.6 Å². The number of carbonyl (C=O) groups is 1. The molecule has 0 spiro atoms. The molecule has 3 aromatic rings. The summed E-state index contributed by atoms with van der Waals surface area (Å²) in [6.45, 7) is 4.76. The van der Waals surface area contributed by atoms with Crippen molar-refractivity contribution in [2.24, 2.45) is 0 Å². The Kier molecular flexibility index (Phi) is 4.98. The van der Waals surface area contributed by atoms with E-state index >= 15 is 0 Å². The minimum Gasteiger partial charge on any atom is -0.492 e. The Labute approximate surface area is 144 Å². The number of aromatic nitrogens is 3. The molecule has 0 atom stereocenters. The van der Waals surface area contributed by atoms with E-state index in [2.05, 4.69) is 20.8 Å². The molecule has 0 unspecified atom stereocenters. The molecule has 8 heteroatoms. The molecule has 0 aliphatic rings. The minimum absolute atomic E-state index is 0.269. The molecule has 0 aliphatic heterocycles. The maximum Gasteiger partial charge on any atom is 0.326 e. The first-order valence-corrected chi connectivity index (χ1v) is 7.99. The Hall–Kier alpha value is -3.29. The molecule has 0 radical (unpaired) electrons. The molecule has 130 valence electrons. The van der Waals surface area contributed by atoms with Crippen molar-refractivity contribution in [1.82, 2.24) is 14.6 Å². The quantitative estimate of drug-likeness (QED) is 0.719. The topological polar surface area (TPSA) is 89.8 Å². The Morgan fingerprint density at radius 3 is 2.60 bits per heavy atom. The van der Waals surface area contributed by atoms with Crippen LogP contribution in [0.4, 0.5) is 16.4 Å². The highest BCUT2D eigenvalue weighted by molar-refractivity contribution is 5.99. The number of ether oxygens (including phenoxy) is 2. The Morgan fingerprint density at radius 1 is 1.00 bits per heavy atom. The van der Waals surface area contributed by atoms with Crippen LogP contribution in [0, 0.1) is 0 Å². The summed E-state index contributed by atoms with van der Waals surface area (Å²) in [4.78, 5) is 12.3. The lowest BCUT2D eigenvalue weighted by atomic mass is 10.3. The summed E-state index contributed by atoms with van der Waals surface area (Å²) in [7, 11) is 0. The molecule has 2 N–H and O–H groups in total. The fourth-order valence-electron chi connectivity index (χ4n) is 2.36. The second-order valence-corrected chi connectivity index (χ2v) is 5.02. The van der Waals surface area contributed by atoms with E-state index in [1.165, 1.54) is 0 Å². The van der Waals surface area contributed by atoms with Crippen molar-refractivity contribution < 1.29 is 14.3 Å². The molecule has 2 amide bonds. The highest BCUT2D eigenvalue weighted by atomic mass is 16.5. The fraction of sp³-hybridized carbons (Fsp3) is 0.235. The van der Waals surface area contributed by atoms with Crippen molar-refractivity contribution in [3.63, 3.8) is 0 Å². The van der Waals surface area contributed by atoms with E-state index in [4.69, 9.17) is 9.47 Å². The highest BCUT2D eigenvalue weighted by Crippen LogP contribution is 2.24. The third kappa shape index (κ3) is 3.63. The number of carbonyl (C=O) groups excluding carboxylic acids is 1. The lowest BCUT2D eigenvalue weighted by Gasteiger charge is -2.12. The van der Waals surface area contributed by atoms with Gasteiger partial charge in [0.25, 0.3) is 0 Å². The van der Waals surface area contributed by atoms with Gasteiger partial charge in [-0.1, -0.05) is 18.2 Å². The summed E-state index contributed by atoms with van der Waals surface area (Å²) in [5.41, 5.74) is 1.15. The van der Waals surface area contributed by atoms with Crippen molar-refractivity contribution in [1.29, 1.82) is 0 Å². The SMILES string of the molecule is CCOc1ccccc1NC(=O)Nc1nnc2cccc(OCC)n12. The van der Waals surface area contributed by atoms with Crippen LogP contribution < -0.4 is 20.1 Å². The van der Waals surface area contributed by atoms with Crippen molar-refractivity contribution in [2.45, 2.75) is 13.8 Å². The molecule has 0 bridgehead atoms. The highest BCUT2D eigenvalue weighted by Gasteiger charge is 2.14. The first-order valence-electron chi connectivity index (χ1n) is 7.99. The van der Waals surface area contributed by atoms with Crippen LogP contribution in [0.25, 0.3) is 5.65 Å². The summed E-state index contributed by atoms with van der Waals surface area (Å²) in [6.07, 6.45) is 0.